The maximum absolute atomic E-state index is 5.33. The number of ether oxygens (including phenoxy) is 2. The van der Waals surface area contributed by atoms with Crippen LogP contribution in [0.3, 0.4) is 0 Å². The molecule has 0 atom stereocenters. The van der Waals surface area contributed by atoms with Gasteiger partial charge in [0.15, 0.2) is 0 Å². The van der Waals surface area contributed by atoms with E-state index >= 15 is 0 Å². The Hall–Kier alpha value is 0.210. The summed E-state index contributed by atoms with van der Waals surface area (Å²) >= 11 is 5.33. The maximum Gasteiger partial charge on any atom is 0.120 e. The summed E-state index contributed by atoms with van der Waals surface area (Å²) < 4.78 is 10.0. The van der Waals surface area contributed by atoms with Crippen LogP contribution in [-0.4, -0.2) is 25.9 Å². The Morgan fingerprint density at radius 3 is 2.67 bits per heavy atom. The molecular weight excluding hydrogens is 140 g/mol. The first-order chi connectivity index (χ1) is 4.27. The van der Waals surface area contributed by atoms with E-state index in [0.29, 0.717) is 0 Å². The van der Waals surface area contributed by atoms with Gasteiger partial charge in [-0.15, -0.1) is 0 Å². The van der Waals surface area contributed by atoms with Gasteiger partial charge in [-0.3, -0.25) is 0 Å². The highest BCUT2D eigenvalue weighted by atomic mass is 35.5. The van der Waals surface area contributed by atoms with Gasteiger partial charge in [-0.05, 0) is 0 Å². The molecule has 2 nitrogen and oxygen atoms in total. The molecule has 9 heavy (non-hydrogen) atoms. The van der Waals surface area contributed by atoms with Gasteiger partial charge in [-0.25, -0.2) is 0 Å². The molecule has 0 N–H and O–H groups in total. The van der Waals surface area contributed by atoms with Gasteiger partial charge in [0.1, 0.15) is 6.07 Å². The van der Waals surface area contributed by atoms with Crippen molar-refractivity contribution in [2.24, 2.45) is 5.41 Å². The van der Waals surface area contributed by atoms with Crippen molar-refractivity contribution in [1.82, 2.24) is 0 Å². The monoisotopic (exact) mass is 150 g/mol. The standard InChI is InChI=1S/C6H11ClO2/c1-6(2-8-3-6)4-9-5-7/h2-5H2,1H3. The lowest BCUT2D eigenvalue weighted by Crippen LogP contribution is -2.43. The Labute approximate surface area is 60.1 Å². The summed E-state index contributed by atoms with van der Waals surface area (Å²) in [5.74, 6) is 0. The lowest BCUT2D eigenvalue weighted by Gasteiger charge is -2.37. The van der Waals surface area contributed by atoms with Gasteiger partial charge >= 0.3 is 0 Å². The molecule has 1 rings (SSSR count). The van der Waals surface area contributed by atoms with Crippen molar-refractivity contribution in [2.45, 2.75) is 6.92 Å². The zero-order valence-electron chi connectivity index (χ0n) is 5.52. The van der Waals surface area contributed by atoms with Crippen LogP contribution in [0.4, 0.5) is 0 Å². The first-order valence-electron chi connectivity index (χ1n) is 2.98. The van der Waals surface area contributed by atoms with Crippen LogP contribution in [0.15, 0.2) is 0 Å². The Morgan fingerprint density at radius 2 is 2.33 bits per heavy atom. The molecular formula is C6H11ClO2. The molecule has 0 aromatic carbocycles. The summed E-state index contributed by atoms with van der Waals surface area (Å²) in [6.45, 7) is 4.47. The predicted octanol–water partition coefficient (Wildman–Crippen LogP) is 1.24. The van der Waals surface area contributed by atoms with Gasteiger partial charge < -0.3 is 9.47 Å². The molecule has 0 saturated carbocycles. The maximum atomic E-state index is 5.33. The summed E-state index contributed by atoms with van der Waals surface area (Å²) in [7, 11) is 0. The molecule has 0 unspecified atom stereocenters. The van der Waals surface area contributed by atoms with E-state index in [2.05, 4.69) is 6.92 Å². The molecule has 0 amide bonds. The van der Waals surface area contributed by atoms with E-state index in [1.54, 1.807) is 0 Å². The van der Waals surface area contributed by atoms with E-state index in [1.165, 1.54) is 0 Å². The lowest BCUT2D eigenvalue weighted by molar-refractivity contribution is -0.133. The van der Waals surface area contributed by atoms with Crippen LogP contribution in [-0.2, 0) is 9.47 Å². The summed E-state index contributed by atoms with van der Waals surface area (Å²) in [6, 6.07) is 0.287. The fourth-order valence-electron chi connectivity index (χ4n) is 0.819. The van der Waals surface area contributed by atoms with Crippen molar-refractivity contribution in [3.63, 3.8) is 0 Å². The molecule has 1 fully saturated rings. The third-order valence-corrected chi connectivity index (χ3v) is 1.58. The summed E-state index contributed by atoms with van der Waals surface area (Å²) in [5.41, 5.74) is 0.245. The van der Waals surface area contributed by atoms with E-state index in [9.17, 15) is 0 Å². The van der Waals surface area contributed by atoms with Gasteiger partial charge in [0.2, 0.25) is 0 Å². The van der Waals surface area contributed by atoms with Crippen LogP contribution in [0, 0.1) is 5.41 Å². The minimum Gasteiger partial charge on any atom is -0.380 e. The van der Waals surface area contributed by atoms with Crippen LogP contribution in [0.5, 0.6) is 0 Å². The normalized spacial score (nSPS) is 23.3. The highest BCUT2D eigenvalue weighted by Crippen LogP contribution is 2.26. The fraction of sp³-hybridized carbons (Fsp3) is 1.00. The number of alkyl halides is 1. The number of hydrogen-bond donors (Lipinski definition) is 0. The molecule has 0 radical (unpaired) electrons. The van der Waals surface area contributed by atoms with Crippen LogP contribution in [0.2, 0.25) is 0 Å². The molecule has 54 valence electrons. The Balaban J connectivity index is 2.09. The Bertz CT molecular complexity index is 91.1. The largest absolute Gasteiger partial charge is 0.380 e. The third-order valence-electron chi connectivity index (χ3n) is 1.43. The molecule has 0 aromatic rings. The van der Waals surface area contributed by atoms with Gasteiger partial charge in [0, 0.05) is 5.41 Å². The molecule has 0 spiro atoms. The second-order valence-electron chi connectivity index (χ2n) is 2.76. The smallest absolute Gasteiger partial charge is 0.120 e. The van der Waals surface area contributed by atoms with E-state index in [1.807, 2.05) is 0 Å². The van der Waals surface area contributed by atoms with E-state index < -0.39 is 0 Å². The minimum atomic E-state index is 0.245. The summed E-state index contributed by atoms with van der Waals surface area (Å²) in [6.07, 6.45) is 0. The topological polar surface area (TPSA) is 18.5 Å². The average Bonchev–Trinajstić information content (AvgIpc) is 1.79. The Kier molecular flexibility index (Phi) is 2.33. The predicted molar refractivity (Wildman–Crippen MR) is 35.6 cm³/mol. The number of hydrogen-bond acceptors (Lipinski definition) is 2. The SMILES string of the molecule is CC1(COCCl)COC1. The van der Waals surface area contributed by atoms with Crippen molar-refractivity contribution in [1.29, 1.82) is 0 Å². The first kappa shape index (κ1) is 7.32. The third kappa shape index (κ3) is 1.81. The van der Waals surface area contributed by atoms with E-state index in [-0.39, 0.29) is 11.5 Å². The molecule has 1 heterocycles. The van der Waals surface area contributed by atoms with E-state index in [4.69, 9.17) is 21.1 Å². The highest BCUT2D eigenvalue weighted by Gasteiger charge is 2.33. The molecule has 1 aliphatic heterocycles. The average molecular weight is 151 g/mol. The molecule has 0 aliphatic carbocycles. The van der Waals surface area contributed by atoms with Crippen LogP contribution in [0.1, 0.15) is 6.92 Å². The minimum absolute atomic E-state index is 0.245. The second-order valence-corrected chi connectivity index (χ2v) is 2.98. The first-order valence-corrected chi connectivity index (χ1v) is 3.52. The van der Waals surface area contributed by atoms with Gasteiger partial charge in [0.25, 0.3) is 0 Å². The molecule has 1 aliphatic rings. The molecule has 3 heteroatoms. The zero-order chi connectivity index (χ0) is 6.74. The van der Waals surface area contributed by atoms with Crippen molar-refractivity contribution < 1.29 is 9.47 Å². The zero-order valence-corrected chi connectivity index (χ0v) is 6.28. The fourth-order valence-corrected chi connectivity index (χ4v) is 0.896. The summed E-state index contributed by atoms with van der Waals surface area (Å²) in [4.78, 5) is 0. The Morgan fingerprint density at radius 1 is 1.67 bits per heavy atom. The van der Waals surface area contributed by atoms with Crippen LogP contribution < -0.4 is 0 Å². The second kappa shape index (κ2) is 2.86. The van der Waals surface area contributed by atoms with Gasteiger partial charge in [-0.2, -0.15) is 0 Å². The number of halogens is 1. The molecule has 1 saturated heterocycles. The summed E-state index contributed by atoms with van der Waals surface area (Å²) in [5, 5.41) is 0. The molecule has 0 bridgehead atoms. The van der Waals surface area contributed by atoms with Crippen molar-refractivity contribution in [3.8, 4) is 0 Å². The van der Waals surface area contributed by atoms with Crippen LogP contribution >= 0.6 is 11.6 Å². The van der Waals surface area contributed by atoms with Crippen molar-refractivity contribution in [2.75, 3.05) is 25.9 Å². The van der Waals surface area contributed by atoms with Gasteiger partial charge in [-0.1, -0.05) is 18.5 Å². The van der Waals surface area contributed by atoms with Gasteiger partial charge in [0.05, 0.1) is 19.8 Å². The van der Waals surface area contributed by atoms with Crippen molar-refractivity contribution in [3.05, 3.63) is 0 Å². The highest BCUT2D eigenvalue weighted by molar-refractivity contribution is 6.17. The molecule has 0 aromatic heterocycles. The quantitative estimate of drug-likeness (QED) is 0.564. The van der Waals surface area contributed by atoms with E-state index in [0.717, 1.165) is 19.8 Å². The van der Waals surface area contributed by atoms with Crippen molar-refractivity contribution >= 4 is 11.6 Å². The van der Waals surface area contributed by atoms with Crippen LogP contribution in [0.25, 0.3) is 0 Å². The number of rotatable bonds is 3. The lowest BCUT2D eigenvalue weighted by atomic mass is 9.90.